The molecule has 1 N–H and O–H groups in total. The average Bonchev–Trinajstić information content (AvgIpc) is 2.08. The lowest BCUT2D eigenvalue weighted by atomic mass is 10.2. The van der Waals surface area contributed by atoms with Crippen LogP contribution in [0.3, 0.4) is 0 Å². The Balaban J connectivity index is 2.82. The summed E-state index contributed by atoms with van der Waals surface area (Å²) >= 11 is 5.70. The van der Waals surface area contributed by atoms with Crippen LogP contribution in [-0.2, 0) is 4.79 Å². The molecule has 0 radical (unpaired) electrons. The molecule has 0 aliphatic carbocycles. The molecule has 0 unspecified atom stereocenters. The van der Waals surface area contributed by atoms with Crippen LogP contribution in [0.5, 0.6) is 0 Å². The molecule has 80 valence electrons. The summed E-state index contributed by atoms with van der Waals surface area (Å²) in [5.41, 5.74) is 2.53. The van der Waals surface area contributed by atoms with E-state index in [2.05, 4.69) is 10.3 Å². The van der Waals surface area contributed by atoms with Gasteiger partial charge in [-0.15, -0.1) is 0 Å². The Morgan fingerprint density at radius 2 is 2.20 bits per heavy atom. The number of aromatic nitrogens is 1. The van der Waals surface area contributed by atoms with E-state index >= 15 is 0 Å². The number of pyridine rings is 1. The van der Waals surface area contributed by atoms with Gasteiger partial charge >= 0.3 is 0 Å². The van der Waals surface area contributed by atoms with E-state index in [9.17, 15) is 4.79 Å². The molecule has 0 atom stereocenters. The standard InChI is InChI=1S/C11H13ClN2O/c1-7(2)4-11(15)14-9-6-13-10(12)5-8(9)3/h4-6H,1-3H3,(H,14,15). The Hall–Kier alpha value is -1.35. The fourth-order valence-electron chi connectivity index (χ4n) is 1.08. The number of halogens is 1. The fraction of sp³-hybridized carbons (Fsp3) is 0.273. The first-order valence-corrected chi connectivity index (χ1v) is 4.95. The van der Waals surface area contributed by atoms with Crippen LogP contribution in [0.25, 0.3) is 0 Å². The van der Waals surface area contributed by atoms with E-state index in [1.165, 1.54) is 6.08 Å². The highest BCUT2D eigenvalue weighted by Crippen LogP contribution is 2.16. The molecule has 0 fully saturated rings. The minimum absolute atomic E-state index is 0.151. The molecule has 0 aliphatic heterocycles. The predicted octanol–water partition coefficient (Wildman–Crippen LogP) is 2.95. The third-order valence-corrected chi connectivity index (χ3v) is 1.96. The van der Waals surface area contributed by atoms with E-state index in [1.54, 1.807) is 12.3 Å². The van der Waals surface area contributed by atoms with Gasteiger partial charge in [-0.05, 0) is 32.4 Å². The molecule has 0 aromatic carbocycles. The van der Waals surface area contributed by atoms with E-state index in [0.29, 0.717) is 10.8 Å². The predicted molar refractivity (Wildman–Crippen MR) is 62.0 cm³/mol. The van der Waals surface area contributed by atoms with Crippen molar-refractivity contribution in [3.05, 3.63) is 34.6 Å². The number of nitrogens with zero attached hydrogens (tertiary/aromatic N) is 1. The number of allylic oxidation sites excluding steroid dienone is 1. The third-order valence-electron chi connectivity index (χ3n) is 1.76. The van der Waals surface area contributed by atoms with Gasteiger partial charge < -0.3 is 5.32 Å². The maximum atomic E-state index is 11.4. The Morgan fingerprint density at radius 1 is 1.53 bits per heavy atom. The lowest BCUT2D eigenvalue weighted by Gasteiger charge is -2.05. The summed E-state index contributed by atoms with van der Waals surface area (Å²) in [5, 5.41) is 3.16. The van der Waals surface area contributed by atoms with Gasteiger partial charge in [-0.2, -0.15) is 0 Å². The van der Waals surface area contributed by atoms with Gasteiger partial charge in [0.1, 0.15) is 5.15 Å². The summed E-state index contributed by atoms with van der Waals surface area (Å²) < 4.78 is 0. The second kappa shape index (κ2) is 4.94. The van der Waals surface area contributed by atoms with Crippen molar-refractivity contribution in [2.24, 2.45) is 0 Å². The molecule has 1 amide bonds. The fourth-order valence-corrected chi connectivity index (χ4v) is 1.30. The van der Waals surface area contributed by atoms with Crippen LogP contribution in [0.2, 0.25) is 5.15 Å². The SMILES string of the molecule is CC(C)=CC(=O)Nc1cnc(Cl)cc1C. The Morgan fingerprint density at radius 3 is 2.73 bits per heavy atom. The smallest absolute Gasteiger partial charge is 0.248 e. The molecule has 1 heterocycles. The summed E-state index contributed by atoms with van der Waals surface area (Å²) in [7, 11) is 0. The average molecular weight is 225 g/mol. The van der Waals surface area contributed by atoms with Crippen LogP contribution in [0.1, 0.15) is 19.4 Å². The molecule has 3 nitrogen and oxygen atoms in total. The largest absolute Gasteiger partial charge is 0.321 e. The molecule has 0 spiro atoms. The van der Waals surface area contributed by atoms with Crippen LogP contribution in [0.15, 0.2) is 23.9 Å². The van der Waals surface area contributed by atoms with E-state index in [-0.39, 0.29) is 5.91 Å². The van der Waals surface area contributed by atoms with Gasteiger partial charge in [0.15, 0.2) is 0 Å². The monoisotopic (exact) mass is 224 g/mol. The van der Waals surface area contributed by atoms with Gasteiger partial charge in [0.2, 0.25) is 5.91 Å². The molecule has 15 heavy (non-hydrogen) atoms. The number of amides is 1. The van der Waals surface area contributed by atoms with Crippen molar-refractivity contribution in [2.45, 2.75) is 20.8 Å². The molecule has 4 heteroatoms. The summed E-state index contributed by atoms with van der Waals surface area (Å²) in [5.74, 6) is -0.151. The Bertz CT molecular complexity index is 409. The number of hydrogen-bond donors (Lipinski definition) is 1. The van der Waals surface area contributed by atoms with Gasteiger partial charge in [0, 0.05) is 6.08 Å². The number of hydrogen-bond acceptors (Lipinski definition) is 2. The zero-order valence-corrected chi connectivity index (χ0v) is 9.72. The van der Waals surface area contributed by atoms with Crippen LogP contribution >= 0.6 is 11.6 Å². The van der Waals surface area contributed by atoms with Crippen LogP contribution in [0.4, 0.5) is 5.69 Å². The molecule has 1 aromatic heterocycles. The lowest BCUT2D eigenvalue weighted by molar-refractivity contribution is -0.111. The minimum atomic E-state index is -0.151. The highest BCUT2D eigenvalue weighted by atomic mass is 35.5. The van der Waals surface area contributed by atoms with Crippen molar-refractivity contribution in [2.75, 3.05) is 5.32 Å². The Labute approximate surface area is 94.2 Å². The highest BCUT2D eigenvalue weighted by Gasteiger charge is 2.03. The van der Waals surface area contributed by atoms with Crippen molar-refractivity contribution < 1.29 is 4.79 Å². The Kier molecular flexibility index (Phi) is 3.86. The summed E-state index contributed by atoms with van der Waals surface area (Å²) in [6.07, 6.45) is 3.09. The van der Waals surface area contributed by atoms with Gasteiger partial charge in [0.25, 0.3) is 0 Å². The van der Waals surface area contributed by atoms with Crippen LogP contribution in [-0.4, -0.2) is 10.9 Å². The molecule has 1 rings (SSSR count). The van der Waals surface area contributed by atoms with E-state index < -0.39 is 0 Å². The number of rotatable bonds is 2. The molecule has 0 bridgehead atoms. The van der Waals surface area contributed by atoms with Crippen molar-refractivity contribution in [1.29, 1.82) is 0 Å². The van der Waals surface area contributed by atoms with Crippen molar-refractivity contribution in [1.82, 2.24) is 4.98 Å². The van der Waals surface area contributed by atoms with Gasteiger partial charge in [-0.1, -0.05) is 17.2 Å². The molecule has 1 aromatic rings. The lowest BCUT2D eigenvalue weighted by Crippen LogP contribution is -2.09. The molecular weight excluding hydrogens is 212 g/mol. The van der Waals surface area contributed by atoms with Crippen molar-refractivity contribution in [3.63, 3.8) is 0 Å². The maximum absolute atomic E-state index is 11.4. The topological polar surface area (TPSA) is 42.0 Å². The molecule has 0 aliphatic rings. The third kappa shape index (κ3) is 3.72. The summed E-state index contributed by atoms with van der Waals surface area (Å²) in [4.78, 5) is 15.3. The van der Waals surface area contributed by atoms with E-state index in [0.717, 1.165) is 11.1 Å². The first-order chi connectivity index (χ1) is 6.99. The number of nitrogens with one attached hydrogen (secondary N) is 1. The zero-order chi connectivity index (χ0) is 11.4. The van der Waals surface area contributed by atoms with E-state index in [4.69, 9.17) is 11.6 Å². The number of carbonyl (C=O) groups is 1. The first-order valence-electron chi connectivity index (χ1n) is 4.57. The molecular formula is C11H13ClN2O. The molecule has 0 saturated heterocycles. The van der Waals surface area contributed by atoms with Crippen LogP contribution in [0, 0.1) is 6.92 Å². The van der Waals surface area contributed by atoms with Crippen molar-refractivity contribution >= 4 is 23.2 Å². The number of carbonyl (C=O) groups excluding carboxylic acids is 1. The highest BCUT2D eigenvalue weighted by molar-refractivity contribution is 6.29. The van der Waals surface area contributed by atoms with E-state index in [1.807, 2.05) is 20.8 Å². The summed E-state index contributed by atoms with van der Waals surface area (Å²) in [6.45, 7) is 5.60. The zero-order valence-electron chi connectivity index (χ0n) is 8.97. The van der Waals surface area contributed by atoms with Gasteiger partial charge in [0.05, 0.1) is 11.9 Å². The second-order valence-corrected chi connectivity index (χ2v) is 3.92. The first kappa shape index (κ1) is 11.7. The normalized spacial score (nSPS) is 9.60. The van der Waals surface area contributed by atoms with Gasteiger partial charge in [-0.25, -0.2) is 4.98 Å². The number of aryl methyl sites for hydroxylation is 1. The minimum Gasteiger partial charge on any atom is -0.321 e. The quantitative estimate of drug-likeness (QED) is 0.620. The second-order valence-electron chi connectivity index (χ2n) is 3.53. The van der Waals surface area contributed by atoms with Gasteiger partial charge in [-0.3, -0.25) is 4.79 Å². The molecule has 0 saturated carbocycles. The summed E-state index contributed by atoms with van der Waals surface area (Å²) in [6, 6.07) is 1.71. The van der Waals surface area contributed by atoms with Crippen molar-refractivity contribution in [3.8, 4) is 0 Å². The number of anilines is 1. The maximum Gasteiger partial charge on any atom is 0.248 e. The van der Waals surface area contributed by atoms with Crippen LogP contribution < -0.4 is 5.32 Å².